The second-order valence-corrected chi connectivity index (χ2v) is 8.33. The third kappa shape index (κ3) is 6.20. The fraction of sp³-hybridized carbons (Fsp3) is 0.480. The first-order valence-corrected chi connectivity index (χ1v) is 10.8. The van der Waals surface area contributed by atoms with Crippen LogP contribution in [0.4, 0.5) is 5.69 Å². The zero-order chi connectivity index (χ0) is 19.8. The highest BCUT2D eigenvalue weighted by Crippen LogP contribution is 2.29. The normalized spacial score (nSPS) is 15.7. The van der Waals surface area contributed by atoms with Crippen molar-refractivity contribution in [3.8, 4) is 0 Å². The number of hydrogen-bond acceptors (Lipinski definition) is 2. The van der Waals surface area contributed by atoms with Gasteiger partial charge in [-0.1, -0.05) is 56.3 Å². The molecule has 3 rings (SSSR count). The van der Waals surface area contributed by atoms with Crippen molar-refractivity contribution in [1.82, 2.24) is 4.90 Å². The molecule has 0 spiro atoms. The standard InChI is InChI=1S/C25H34N2O/c1-20(2)25(28)26-24-13-8-12-23(19-24)22-14-17-27(18-15-22)16-7-6-11-21-9-4-3-5-10-21/h3-5,8-10,12-13,19-20,22H,6-7,11,14-18H2,1-2H3,(H,26,28). The van der Waals surface area contributed by atoms with Crippen molar-refractivity contribution in [2.24, 2.45) is 5.92 Å². The smallest absolute Gasteiger partial charge is 0.226 e. The lowest BCUT2D eigenvalue weighted by atomic mass is 9.89. The van der Waals surface area contributed by atoms with Gasteiger partial charge in [-0.15, -0.1) is 0 Å². The van der Waals surface area contributed by atoms with E-state index >= 15 is 0 Å². The van der Waals surface area contributed by atoms with E-state index in [0.717, 1.165) is 5.69 Å². The van der Waals surface area contributed by atoms with Crippen LogP contribution < -0.4 is 5.32 Å². The Bertz CT molecular complexity index is 733. The van der Waals surface area contributed by atoms with Crippen molar-refractivity contribution in [2.75, 3.05) is 25.0 Å². The van der Waals surface area contributed by atoms with E-state index in [1.54, 1.807) is 0 Å². The van der Waals surface area contributed by atoms with Crippen LogP contribution in [0.3, 0.4) is 0 Å². The third-order valence-corrected chi connectivity index (χ3v) is 5.77. The summed E-state index contributed by atoms with van der Waals surface area (Å²) in [6.45, 7) is 7.42. The number of carbonyl (C=O) groups is 1. The molecule has 0 bridgehead atoms. The summed E-state index contributed by atoms with van der Waals surface area (Å²) in [7, 11) is 0. The molecule has 2 aromatic carbocycles. The van der Waals surface area contributed by atoms with Crippen LogP contribution in [0.5, 0.6) is 0 Å². The summed E-state index contributed by atoms with van der Waals surface area (Å²) >= 11 is 0. The molecule has 1 fully saturated rings. The third-order valence-electron chi connectivity index (χ3n) is 5.77. The average molecular weight is 379 g/mol. The van der Waals surface area contributed by atoms with Gasteiger partial charge in [0.15, 0.2) is 0 Å². The lowest BCUT2D eigenvalue weighted by Crippen LogP contribution is -2.33. The number of hydrogen-bond donors (Lipinski definition) is 1. The summed E-state index contributed by atoms with van der Waals surface area (Å²) in [6, 6.07) is 19.2. The van der Waals surface area contributed by atoms with Gasteiger partial charge in [0, 0.05) is 11.6 Å². The van der Waals surface area contributed by atoms with E-state index in [0.29, 0.717) is 5.92 Å². The van der Waals surface area contributed by atoms with Gasteiger partial charge in [-0.25, -0.2) is 0 Å². The maximum atomic E-state index is 11.9. The molecule has 1 heterocycles. The van der Waals surface area contributed by atoms with Crippen molar-refractivity contribution in [3.63, 3.8) is 0 Å². The van der Waals surface area contributed by atoms with Gasteiger partial charge in [0.25, 0.3) is 0 Å². The van der Waals surface area contributed by atoms with Crippen molar-refractivity contribution < 1.29 is 4.79 Å². The summed E-state index contributed by atoms with van der Waals surface area (Å²) in [5.41, 5.74) is 3.75. The van der Waals surface area contributed by atoms with E-state index in [2.05, 4.69) is 58.7 Å². The van der Waals surface area contributed by atoms with Gasteiger partial charge in [-0.2, -0.15) is 0 Å². The summed E-state index contributed by atoms with van der Waals surface area (Å²) < 4.78 is 0. The van der Waals surface area contributed by atoms with Crippen molar-refractivity contribution in [2.45, 2.75) is 51.9 Å². The topological polar surface area (TPSA) is 32.3 Å². The number of nitrogens with one attached hydrogen (secondary N) is 1. The van der Waals surface area contributed by atoms with E-state index in [-0.39, 0.29) is 11.8 Å². The molecule has 150 valence electrons. The summed E-state index contributed by atoms with van der Waals surface area (Å²) in [5.74, 6) is 0.702. The molecule has 3 nitrogen and oxygen atoms in total. The SMILES string of the molecule is CC(C)C(=O)Nc1cccc(C2CCN(CCCCc3ccccc3)CC2)c1. The number of aryl methyl sites for hydroxylation is 1. The quantitative estimate of drug-likeness (QED) is 0.617. The molecule has 0 atom stereocenters. The van der Waals surface area contributed by atoms with Gasteiger partial charge in [0.2, 0.25) is 5.91 Å². The van der Waals surface area contributed by atoms with Crippen molar-refractivity contribution in [1.29, 1.82) is 0 Å². The Hall–Kier alpha value is -2.13. The van der Waals surface area contributed by atoms with Gasteiger partial charge in [-0.3, -0.25) is 4.79 Å². The van der Waals surface area contributed by atoms with Crippen LogP contribution in [0.1, 0.15) is 56.6 Å². The first kappa shape index (κ1) is 20.6. The lowest BCUT2D eigenvalue weighted by molar-refractivity contribution is -0.118. The molecule has 0 aliphatic carbocycles. The molecular weight excluding hydrogens is 344 g/mol. The summed E-state index contributed by atoms with van der Waals surface area (Å²) in [6.07, 6.45) is 6.14. The fourth-order valence-electron chi connectivity index (χ4n) is 3.96. The Labute approximate surface area is 170 Å². The highest BCUT2D eigenvalue weighted by Gasteiger charge is 2.20. The summed E-state index contributed by atoms with van der Waals surface area (Å²) in [5, 5.41) is 3.03. The zero-order valence-electron chi connectivity index (χ0n) is 17.4. The van der Waals surface area contributed by atoms with Crippen LogP contribution in [0.15, 0.2) is 54.6 Å². The Morgan fingerprint density at radius 2 is 1.79 bits per heavy atom. The summed E-state index contributed by atoms with van der Waals surface area (Å²) in [4.78, 5) is 14.6. The first-order valence-electron chi connectivity index (χ1n) is 10.8. The van der Waals surface area contributed by atoms with Gasteiger partial charge in [0.1, 0.15) is 0 Å². The molecule has 1 saturated heterocycles. The average Bonchev–Trinajstić information content (AvgIpc) is 2.72. The molecule has 1 amide bonds. The van der Waals surface area contributed by atoms with E-state index in [1.165, 1.54) is 62.9 Å². The number of unbranched alkanes of at least 4 members (excludes halogenated alkanes) is 1. The maximum Gasteiger partial charge on any atom is 0.226 e. The Morgan fingerprint density at radius 3 is 2.50 bits per heavy atom. The van der Waals surface area contributed by atoms with Crippen LogP contribution in [0.25, 0.3) is 0 Å². The molecule has 1 aliphatic heterocycles. The van der Waals surface area contributed by atoms with E-state index < -0.39 is 0 Å². The number of piperidine rings is 1. The Balaban J connectivity index is 1.40. The van der Waals surface area contributed by atoms with Crippen LogP contribution >= 0.6 is 0 Å². The molecule has 1 N–H and O–H groups in total. The largest absolute Gasteiger partial charge is 0.326 e. The number of carbonyl (C=O) groups excluding carboxylic acids is 1. The molecule has 0 aromatic heterocycles. The predicted molar refractivity (Wildman–Crippen MR) is 118 cm³/mol. The molecule has 0 radical (unpaired) electrons. The highest BCUT2D eigenvalue weighted by atomic mass is 16.1. The molecule has 0 saturated carbocycles. The van der Waals surface area contributed by atoms with Crippen LogP contribution in [-0.4, -0.2) is 30.4 Å². The number of rotatable bonds is 8. The Morgan fingerprint density at radius 1 is 1.04 bits per heavy atom. The van der Waals surface area contributed by atoms with Crippen molar-refractivity contribution >= 4 is 11.6 Å². The molecular formula is C25H34N2O. The minimum Gasteiger partial charge on any atom is -0.326 e. The maximum absolute atomic E-state index is 11.9. The van der Waals surface area contributed by atoms with Gasteiger partial charge in [0.05, 0.1) is 0 Å². The van der Waals surface area contributed by atoms with E-state index in [9.17, 15) is 4.79 Å². The fourth-order valence-corrected chi connectivity index (χ4v) is 3.96. The molecule has 3 heteroatoms. The number of amides is 1. The van der Waals surface area contributed by atoms with Crippen LogP contribution in [0, 0.1) is 5.92 Å². The monoisotopic (exact) mass is 378 g/mol. The van der Waals surface area contributed by atoms with Crippen LogP contribution in [-0.2, 0) is 11.2 Å². The van der Waals surface area contributed by atoms with Gasteiger partial charge < -0.3 is 10.2 Å². The lowest BCUT2D eigenvalue weighted by Gasteiger charge is -2.32. The second-order valence-electron chi connectivity index (χ2n) is 8.33. The second kappa shape index (κ2) is 10.4. The van der Waals surface area contributed by atoms with Crippen molar-refractivity contribution in [3.05, 3.63) is 65.7 Å². The predicted octanol–water partition coefficient (Wildman–Crippen LogP) is 5.48. The van der Waals surface area contributed by atoms with E-state index in [4.69, 9.17) is 0 Å². The first-order chi connectivity index (χ1) is 13.6. The number of benzene rings is 2. The van der Waals surface area contributed by atoms with E-state index in [1.807, 2.05) is 19.9 Å². The zero-order valence-corrected chi connectivity index (χ0v) is 17.4. The van der Waals surface area contributed by atoms with Gasteiger partial charge in [-0.05, 0) is 80.9 Å². The highest BCUT2D eigenvalue weighted by molar-refractivity contribution is 5.92. The molecule has 2 aromatic rings. The molecule has 1 aliphatic rings. The molecule has 28 heavy (non-hydrogen) atoms. The Kier molecular flexibility index (Phi) is 7.67. The number of likely N-dealkylation sites (tertiary alicyclic amines) is 1. The van der Waals surface area contributed by atoms with Gasteiger partial charge >= 0.3 is 0 Å². The number of anilines is 1. The number of nitrogens with zero attached hydrogens (tertiary/aromatic N) is 1. The van der Waals surface area contributed by atoms with Crippen LogP contribution in [0.2, 0.25) is 0 Å². The minimum absolute atomic E-state index is 0.00813. The molecule has 0 unspecified atom stereocenters. The minimum atomic E-state index is 0.00813.